The summed E-state index contributed by atoms with van der Waals surface area (Å²) in [6.07, 6.45) is 4.38. The van der Waals surface area contributed by atoms with Crippen LogP contribution in [0.1, 0.15) is 46.0 Å². The van der Waals surface area contributed by atoms with Crippen molar-refractivity contribution in [1.29, 1.82) is 0 Å². The second kappa shape index (κ2) is 7.48. The molecular formula is C14H26N2O3. The van der Waals surface area contributed by atoms with Crippen LogP contribution >= 0.6 is 0 Å². The molecule has 1 aliphatic rings. The van der Waals surface area contributed by atoms with Crippen molar-refractivity contribution in [2.75, 3.05) is 7.11 Å². The Labute approximate surface area is 115 Å². The second-order valence-corrected chi connectivity index (χ2v) is 5.77. The third kappa shape index (κ3) is 4.82. The molecular weight excluding hydrogens is 244 g/mol. The number of amides is 1. The van der Waals surface area contributed by atoms with Crippen LogP contribution in [-0.2, 0) is 14.3 Å². The zero-order chi connectivity index (χ0) is 14.4. The third-order valence-corrected chi connectivity index (χ3v) is 3.67. The van der Waals surface area contributed by atoms with Gasteiger partial charge in [0.1, 0.15) is 6.04 Å². The summed E-state index contributed by atoms with van der Waals surface area (Å²) in [6, 6.07) is -0.655. The molecule has 0 aromatic carbocycles. The van der Waals surface area contributed by atoms with Crippen LogP contribution in [0.2, 0.25) is 0 Å². The summed E-state index contributed by atoms with van der Waals surface area (Å²) in [4.78, 5) is 23.9. The van der Waals surface area contributed by atoms with Crippen molar-refractivity contribution >= 4 is 11.9 Å². The molecule has 1 saturated carbocycles. The molecule has 5 nitrogen and oxygen atoms in total. The van der Waals surface area contributed by atoms with Crippen LogP contribution in [0.5, 0.6) is 0 Å². The molecule has 0 heterocycles. The standard InChI is InChI=1S/C14H26N2O3/c1-9(2)8-12(14(18)19-3)16-13(17)10-6-4-5-7-11(10)15/h9-12H,4-8,15H2,1-3H3,(H,16,17)/t10?,11?,12-/m0/s1. The molecule has 19 heavy (non-hydrogen) atoms. The summed E-state index contributed by atoms with van der Waals surface area (Å²) >= 11 is 0. The molecule has 0 aromatic heterocycles. The van der Waals surface area contributed by atoms with Crippen LogP contribution in [0.25, 0.3) is 0 Å². The first-order valence-corrected chi connectivity index (χ1v) is 7.09. The van der Waals surface area contributed by atoms with Crippen LogP contribution in [0.15, 0.2) is 0 Å². The predicted octanol–water partition coefficient (Wildman–Crippen LogP) is 1.21. The minimum absolute atomic E-state index is 0.0916. The largest absolute Gasteiger partial charge is 0.467 e. The van der Waals surface area contributed by atoms with Gasteiger partial charge in [0.15, 0.2) is 0 Å². The summed E-state index contributed by atoms with van der Waals surface area (Å²) in [7, 11) is 1.34. The number of carbonyl (C=O) groups excluding carboxylic acids is 2. The van der Waals surface area contributed by atoms with E-state index in [0.717, 1.165) is 25.7 Å². The van der Waals surface area contributed by atoms with Crippen LogP contribution in [0.4, 0.5) is 0 Å². The zero-order valence-corrected chi connectivity index (χ0v) is 12.1. The van der Waals surface area contributed by atoms with Gasteiger partial charge in [-0.25, -0.2) is 4.79 Å². The number of nitrogens with two attached hydrogens (primary N) is 1. The Morgan fingerprint density at radius 1 is 1.32 bits per heavy atom. The molecule has 3 atom stereocenters. The summed E-state index contributed by atoms with van der Waals surface area (Å²) in [5.74, 6) is -0.354. The molecule has 0 spiro atoms. The lowest BCUT2D eigenvalue weighted by Gasteiger charge is -2.29. The normalized spacial score (nSPS) is 24.9. The van der Waals surface area contributed by atoms with Crippen LogP contribution in [0.3, 0.4) is 0 Å². The highest BCUT2D eigenvalue weighted by atomic mass is 16.5. The van der Waals surface area contributed by atoms with Gasteiger partial charge >= 0.3 is 5.97 Å². The van der Waals surface area contributed by atoms with Crippen molar-refractivity contribution in [2.45, 2.75) is 58.0 Å². The van der Waals surface area contributed by atoms with Crippen molar-refractivity contribution in [3.8, 4) is 0 Å². The highest BCUT2D eigenvalue weighted by Gasteiger charge is 2.31. The average molecular weight is 270 g/mol. The zero-order valence-electron chi connectivity index (χ0n) is 12.1. The molecule has 0 bridgehead atoms. The van der Waals surface area contributed by atoms with Crippen molar-refractivity contribution in [1.82, 2.24) is 5.32 Å². The molecule has 3 N–H and O–H groups in total. The summed E-state index contributed by atoms with van der Waals surface area (Å²) < 4.78 is 4.74. The highest BCUT2D eigenvalue weighted by molar-refractivity contribution is 5.86. The number of nitrogens with one attached hydrogen (secondary N) is 1. The Hall–Kier alpha value is -1.10. The van der Waals surface area contributed by atoms with Gasteiger partial charge in [0.05, 0.1) is 13.0 Å². The van der Waals surface area contributed by atoms with Crippen molar-refractivity contribution in [3.63, 3.8) is 0 Å². The SMILES string of the molecule is COC(=O)[C@H](CC(C)C)NC(=O)C1CCCCC1N. The number of hydrogen-bond donors (Lipinski definition) is 2. The molecule has 5 heteroatoms. The number of rotatable bonds is 5. The van der Waals surface area contributed by atoms with E-state index in [2.05, 4.69) is 5.32 Å². The van der Waals surface area contributed by atoms with Crippen molar-refractivity contribution in [2.24, 2.45) is 17.6 Å². The Bertz CT molecular complexity index is 318. The Morgan fingerprint density at radius 2 is 1.95 bits per heavy atom. The van der Waals surface area contributed by atoms with Crippen LogP contribution in [0, 0.1) is 11.8 Å². The smallest absolute Gasteiger partial charge is 0.328 e. The number of ether oxygens (including phenoxy) is 1. The van der Waals surface area contributed by atoms with Gasteiger partial charge in [-0.3, -0.25) is 4.79 Å². The molecule has 1 amide bonds. The van der Waals surface area contributed by atoms with E-state index in [0.29, 0.717) is 12.3 Å². The van der Waals surface area contributed by atoms with Gasteiger partial charge in [-0.05, 0) is 25.2 Å². The summed E-state index contributed by atoms with van der Waals surface area (Å²) in [5.41, 5.74) is 5.99. The van der Waals surface area contributed by atoms with Gasteiger partial charge < -0.3 is 15.8 Å². The molecule has 110 valence electrons. The minimum Gasteiger partial charge on any atom is -0.467 e. The maximum atomic E-state index is 12.2. The predicted molar refractivity (Wildman–Crippen MR) is 73.3 cm³/mol. The van der Waals surface area contributed by atoms with E-state index in [1.165, 1.54) is 7.11 Å². The van der Waals surface area contributed by atoms with E-state index in [1.807, 2.05) is 13.8 Å². The highest BCUT2D eigenvalue weighted by Crippen LogP contribution is 2.23. The van der Waals surface area contributed by atoms with E-state index >= 15 is 0 Å². The van der Waals surface area contributed by atoms with Crippen molar-refractivity contribution in [3.05, 3.63) is 0 Å². The lowest BCUT2D eigenvalue weighted by Crippen LogP contribution is -2.49. The van der Waals surface area contributed by atoms with Crippen LogP contribution in [-0.4, -0.2) is 31.1 Å². The Morgan fingerprint density at radius 3 is 2.47 bits per heavy atom. The number of methoxy groups -OCH3 is 1. The van der Waals surface area contributed by atoms with E-state index in [4.69, 9.17) is 10.5 Å². The number of hydrogen-bond acceptors (Lipinski definition) is 4. The molecule has 0 saturated heterocycles. The quantitative estimate of drug-likeness (QED) is 0.736. The fraction of sp³-hybridized carbons (Fsp3) is 0.857. The molecule has 0 aliphatic heterocycles. The monoisotopic (exact) mass is 270 g/mol. The molecule has 1 aliphatic carbocycles. The summed E-state index contributed by atoms with van der Waals surface area (Å²) in [6.45, 7) is 4.02. The summed E-state index contributed by atoms with van der Waals surface area (Å²) in [5, 5.41) is 2.81. The van der Waals surface area contributed by atoms with Gasteiger partial charge in [-0.1, -0.05) is 26.7 Å². The van der Waals surface area contributed by atoms with Gasteiger partial charge in [-0.2, -0.15) is 0 Å². The van der Waals surface area contributed by atoms with E-state index < -0.39 is 6.04 Å². The fourth-order valence-electron chi connectivity index (χ4n) is 2.59. The number of carbonyl (C=O) groups is 2. The molecule has 0 aromatic rings. The molecule has 1 fully saturated rings. The fourth-order valence-corrected chi connectivity index (χ4v) is 2.59. The first-order chi connectivity index (χ1) is 8.95. The Balaban J connectivity index is 2.61. The van der Waals surface area contributed by atoms with Gasteiger partial charge in [0, 0.05) is 6.04 Å². The lowest BCUT2D eigenvalue weighted by molar-refractivity contribution is -0.146. The van der Waals surface area contributed by atoms with Crippen molar-refractivity contribution < 1.29 is 14.3 Å². The van der Waals surface area contributed by atoms with E-state index in [-0.39, 0.29) is 23.8 Å². The second-order valence-electron chi connectivity index (χ2n) is 5.77. The first-order valence-electron chi connectivity index (χ1n) is 7.09. The third-order valence-electron chi connectivity index (χ3n) is 3.67. The Kier molecular flexibility index (Phi) is 6.28. The topological polar surface area (TPSA) is 81.4 Å². The molecule has 2 unspecified atom stereocenters. The lowest BCUT2D eigenvalue weighted by atomic mass is 9.84. The van der Waals surface area contributed by atoms with E-state index in [1.54, 1.807) is 0 Å². The maximum absolute atomic E-state index is 12.2. The van der Waals surface area contributed by atoms with E-state index in [9.17, 15) is 9.59 Å². The van der Waals surface area contributed by atoms with Gasteiger partial charge in [0.2, 0.25) is 5.91 Å². The number of esters is 1. The average Bonchev–Trinajstić information content (AvgIpc) is 2.36. The molecule has 0 radical (unpaired) electrons. The van der Waals surface area contributed by atoms with Gasteiger partial charge in [-0.15, -0.1) is 0 Å². The van der Waals surface area contributed by atoms with Crippen LogP contribution < -0.4 is 11.1 Å². The van der Waals surface area contributed by atoms with Gasteiger partial charge in [0.25, 0.3) is 0 Å². The molecule has 1 rings (SSSR count). The first kappa shape index (κ1) is 16.0. The minimum atomic E-state index is -0.563. The maximum Gasteiger partial charge on any atom is 0.328 e.